The molecule has 1 unspecified atom stereocenters. The van der Waals surface area contributed by atoms with Crippen LogP contribution in [0.1, 0.15) is 45.4 Å². The summed E-state index contributed by atoms with van der Waals surface area (Å²) in [4.78, 5) is 14.7. The van der Waals surface area contributed by atoms with Gasteiger partial charge in [-0.3, -0.25) is 4.79 Å². The molecule has 0 aromatic rings. The number of nitrogens with two attached hydrogens (primary N) is 1. The van der Waals surface area contributed by atoms with E-state index >= 15 is 0 Å². The van der Waals surface area contributed by atoms with Crippen molar-refractivity contribution >= 4 is 11.7 Å². The summed E-state index contributed by atoms with van der Waals surface area (Å²) >= 11 is 0. The van der Waals surface area contributed by atoms with E-state index in [1.165, 1.54) is 0 Å². The van der Waals surface area contributed by atoms with E-state index in [2.05, 4.69) is 12.1 Å². The standard InChI is InChI=1S/C14H25N3O3/c1-10-8-14(9-10,12(15)16-20)13(19)17-6-2-4-11(17)5-3-7-18/h10-11,18,20H,2-9H2,1H3,(H2,15,16). The molecule has 1 heterocycles. The summed E-state index contributed by atoms with van der Waals surface area (Å²) < 4.78 is 0. The molecular formula is C14H25N3O3. The number of amides is 1. The molecule has 1 saturated carbocycles. The topological polar surface area (TPSA) is 99.2 Å². The van der Waals surface area contributed by atoms with Crippen LogP contribution in [0, 0.1) is 11.3 Å². The molecule has 0 bridgehead atoms. The first kappa shape index (κ1) is 15.1. The van der Waals surface area contributed by atoms with Gasteiger partial charge in [-0.05, 0) is 44.4 Å². The quantitative estimate of drug-likeness (QED) is 0.302. The number of hydrogen-bond donors (Lipinski definition) is 3. The van der Waals surface area contributed by atoms with Crippen LogP contribution in [0.3, 0.4) is 0 Å². The first-order valence-electron chi connectivity index (χ1n) is 7.45. The maximum atomic E-state index is 12.9. The summed E-state index contributed by atoms with van der Waals surface area (Å²) in [7, 11) is 0. The molecule has 1 saturated heterocycles. The van der Waals surface area contributed by atoms with Crippen LogP contribution in [-0.4, -0.2) is 46.1 Å². The van der Waals surface area contributed by atoms with Crippen molar-refractivity contribution in [1.29, 1.82) is 0 Å². The lowest BCUT2D eigenvalue weighted by molar-refractivity contribution is -0.145. The maximum Gasteiger partial charge on any atom is 0.236 e. The van der Waals surface area contributed by atoms with Crippen molar-refractivity contribution < 1.29 is 15.1 Å². The van der Waals surface area contributed by atoms with Gasteiger partial charge in [0.2, 0.25) is 5.91 Å². The van der Waals surface area contributed by atoms with Crippen molar-refractivity contribution in [1.82, 2.24) is 4.90 Å². The molecule has 0 radical (unpaired) electrons. The highest BCUT2D eigenvalue weighted by molar-refractivity contribution is 6.07. The van der Waals surface area contributed by atoms with Crippen LogP contribution >= 0.6 is 0 Å². The lowest BCUT2D eigenvalue weighted by Crippen LogP contribution is -2.58. The minimum absolute atomic E-state index is 0.00587. The molecule has 2 rings (SSSR count). The monoisotopic (exact) mass is 283 g/mol. The van der Waals surface area contributed by atoms with Gasteiger partial charge in [-0.25, -0.2) is 0 Å². The van der Waals surface area contributed by atoms with E-state index in [9.17, 15) is 4.79 Å². The number of aliphatic hydroxyl groups is 1. The Morgan fingerprint density at radius 3 is 2.75 bits per heavy atom. The molecular weight excluding hydrogens is 258 g/mol. The second-order valence-corrected chi connectivity index (χ2v) is 6.24. The molecule has 0 spiro atoms. The average molecular weight is 283 g/mol. The number of carbonyl (C=O) groups excluding carboxylic acids is 1. The molecule has 2 aliphatic rings. The highest BCUT2D eigenvalue weighted by Crippen LogP contribution is 2.48. The summed E-state index contributed by atoms with van der Waals surface area (Å²) in [5.74, 6) is 0.484. The van der Waals surface area contributed by atoms with E-state index in [0.29, 0.717) is 25.2 Å². The predicted octanol–water partition coefficient (Wildman–Crippen LogP) is 0.913. The smallest absolute Gasteiger partial charge is 0.236 e. The zero-order valence-corrected chi connectivity index (χ0v) is 12.1. The Labute approximate surface area is 119 Å². The lowest BCUT2D eigenvalue weighted by Gasteiger charge is -2.46. The van der Waals surface area contributed by atoms with Crippen LogP contribution in [0.15, 0.2) is 5.16 Å². The second-order valence-electron chi connectivity index (χ2n) is 6.24. The molecule has 1 aliphatic heterocycles. The SMILES string of the molecule is CC1CC(C(=O)N2CCCC2CCCO)(C(N)=NO)C1. The second kappa shape index (κ2) is 5.99. The Bertz CT molecular complexity index is 391. The van der Waals surface area contributed by atoms with Crippen LogP contribution in [-0.2, 0) is 4.79 Å². The van der Waals surface area contributed by atoms with Crippen molar-refractivity contribution in [2.45, 2.75) is 51.5 Å². The number of nitrogens with zero attached hydrogens (tertiary/aromatic N) is 2. The molecule has 20 heavy (non-hydrogen) atoms. The fourth-order valence-corrected chi connectivity index (χ4v) is 3.72. The molecule has 114 valence electrons. The molecule has 1 aliphatic carbocycles. The molecule has 0 aromatic carbocycles. The van der Waals surface area contributed by atoms with Gasteiger partial charge in [0.05, 0.1) is 0 Å². The molecule has 6 nitrogen and oxygen atoms in total. The Kier molecular flexibility index (Phi) is 4.52. The third kappa shape index (κ3) is 2.49. The Balaban J connectivity index is 2.12. The fourth-order valence-electron chi connectivity index (χ4n) is 3.72. The van der Waals surface area contributed by atoms with Gasteiger partial charge in [0, 0.05) is 19.2 Å². The highest BCUT2D eigenvalue weighted by Gasteiger charge is 2.54. The van der Waals surface area contributed by atoms with Gasteiger partial charge in [-0.1, -0.05) is 12.1 Å². The number of likely N-dealkylation sites (tertiary alicyclic amines) is 1. The van der Waals surface area contributed by atoms with Gasteiger partial charge in [0.15, 0.2) is 5.84 Å². The lowest BCUT2D eigenvalue weighted by atomic mass is 9.61. The zero-order chi connectivity index (χ0) is 14.8. The van der Waals surface area contributed by atoms with Crippen molar-refractivity contribution in [2.75, 3.05) is 13.2 Å². The largest absolute Gasteiger partial charge is 0.409 e. The molecule has 2 fully saturated rings. The third-order valence-electron chi connectivity index (χ3n) is 4.73. The van der Waals surface area contributed by atoms with E-state index in [1.807, 2.05) is 4.90 Å². The van der Waals surface area contributed by atoms with Crippen LogP contribution in [0.4, 0.5) is 0 Å². The van der Waals surface area contributed by atoms with E-state index in [1.54, 1.807) is 0 Å². The highest BCUT2D eigenvalue weighted by atomic mass is 16.4. The number of amidine groups is 1. The number of rotatable bonds is 5. The molecule has 0 aromatic heterocycles. The average Bonchev–Trinajstić information content (AvgIpc) is 2.87. The summed E-state index contributed by atoms with van der Waals surface area (Å²) in [6.45, 7) is 2.97. The molecule has 4 N–H and O–H groups in total. The number of hydrogen-bond acceptors (Lipinski definition) is 4. The van der Waals surface area contributed by atoms with Gasteiger partial charge < -0.3 is 20.9 Å². The van der Waals surface area contributed by atoms with Gasteiger partial charge in [0.1, 0.15) is 5.41 Å². The van der Waals surface area contributed by atoms with E-state index in [4.69, 9.17) is 16.0 Å². The van der Waals surface area contributed by atoms with Crippen LogP contribution in [0.25, 0.3) is 0 Å². The number of carbonyl (C=O) groups is 1. The first-order chi connectivity index (χ1) is 9.55. The zero-order valence-electron chi connectivity index (χ0n) is 12.1. The molecule has 1 amide bonds. The number of oxime groups is 1. The van der Waals surface area contributed by atoms with Gasteiger partial charge in [-0.15, -0.1) is 0 Å². The Morgan fingerprint density at radius 1 is 1.50 bits per heavy atom. The normalized spacial score (nSPS) is 34.1. The summed E-state index contributed by atoms with van der Waals surface area (Å²) in [6, 6.07) is 0.189. The fraction of sp³-hybridized carbons (Fsp3) is 0.857. The third-order valence-corrected chi connectivity index (χ3v) is 4.73. The van der Waals surface area contributed by atoms with Gasteiger partial charge >= 0.3 is 0 Å². The van der Waals surface area contributed by atoms with E-state index < -0.39 is 5.41 Å². The predicted molar refractivity (Wildman–Crippen MR) is 75.3 cm³/mol. The van der Waals surface area contributed by atoms with E-state index in [0.717, 1.165) is 25.8 Å². The summed E-state index contributed by atoms with van der Waals surface area (Å²) in [5, 5.41) is 21.0. The molecule has 1 atom stereocenters. The van der Waals surface area contributed by atoms with Crippen molar-refractivity contribution in [3.8, 4) is 0 Å². The minimum atomic E-state index is -0.796. The van der Waals surface area contributed by atoms with E-state index in [-0.39, 0.29) is 24.4 Å². The van der Waals surface area contributed by atoms with Crippen LogP contribution in [0.5, 0.6) is 0 Å². The van der Waals surface area contributed by atoms with Crippen molar-refractivity contribution in [2.24, 2.45) is 22.2 Å². The Hall–Kier alpha value is -1.30. The molecule has 6 heteroatoms. The summed E-state index contributed by atoms with van der Waals surface area (Å²) in [6.07, 6.45) is 4.82. The van der Waals surface area contributed by atoms with Crippen molar-refractivity contribution in [3.63, 3.8) is 0 Å². The maximum absolute atomic E-state index is 12.9. The van der Waals surface area contributed by atoms with Gasteiger partial charge in [-0.2, -0.15) is 0 Å². The Morgan fingerprint density at radius 2 is 2.20 bits per heavy atom. The first-order valence-corrected chi connectivity index (χ1v) is 7.45. The minimum Gasteiger partial charge on any atom is -0.409 e. The van der Waals surface area contributed by atoms with Crippen LogP contribution in [0.2, 0.25) is 0 Å². The summed E-state index contributed by atoms with van der Waals surface area (Å²) in [5.41, 5.74) is 5.01. The van der Waals surface area contributed by atoms with Crippen LogP contribution < -0.4 is 5.73 Å². The number of aliphatic hydroxyl groups excluding tert-OH is 1. The van der Waals surface area contributed by atoms with Gasteiger partial charge in [0.25, 0.3) is 0 Å². The van der Waals surface area contributed by atoms with Crippen molar-refractivity contribution in [3.05, 3.63) is 0 Å².